The zero-order chi connectivity index (χ0) is 68.8. The summed E-state index contributed by atoms with van der Waals surface area (Å²) in [5, 5.41) is 2.80. The molecule has 32 nitrogen and oxygen atoms in total. The highest BCUT2D eigenvalue weighted by atomic mass is 16.6. The predicted octanol–water partition coefficient (Wildman–Crippen LogP) is 0.285. The second kappa shape index (κ2) is 89.1. The molecule has 0 bridgehead atoms. The number of carbonyl (C=O) groups is 2. The first-order valence-corrected chi connectivity index (χ1v) is 34.3. The van der Waals surface area contributed by atoms with Crippen LogP contribution in [0, 0.1) is 0 Å². The van der Waals surface area contributed by atoms with Crippen molar-refractivity contribution in [2.75, 3.05) is 383 Å². The molecule has 0 aliphatic heterocycles. The number of hydrogen-bond acceptors (Lipinski definition) is 31. The maximum absolute atomic E-state index is 11.9. The molecule has 0 aromatic carbocycles. The van der Waals surface area contributed by atoms with Crippen LogP contribution < -0.4 is 11.1 Å². The van der Waals surface area contributed by atoms with Crippen molar-refractivity contribution in [2.45, 2.75) is 26.2 Å². The van der Waals surface area contributed by atoms with Gasteiger partial charge in [-0.25, -0.2) is 0 Å². The quantitative estimate of drug-likeness (QED) is 0.0773. The van der Waals surface area contributed by atoms with E-state index < -0.39 is 0 Å². The van der Waals surface area contributed by atoms with Crippen molar-refractivity contribution in [1.82, 2.24) is 5.32 Å². The van der Waals surface area contributed by atoms with E-state index in [1.807, 2.05) is 0 Å². The van der Waals surface area contributed by atoms with Crippen LogP contribution in [0.15, 0.2) is 0 Å². The average molecular weight is 1410 g/mol. The molecule has 0 aromatic heterocycles. The molecule has 0 heterocycles. The lowest BCUT2D eigenvalue weighted by molar-refractivity contribution is -0.122. The Morgan fingerprint density at radius 3 is 0.490 bits per heavy atom. The number of amides is 1. The summed E-state index contributed by atoms with van der Waals surface area (Å²) in [7, 11) is 0. The molecule has 574 valence electrons. The van der Waals surface area contributed by atoms with Crippen LogP contribution in [0.1, 0.15) is 26.2 Å². The summed E-state index contributed by atoms with van der Waals surface area (Å²) in [6.07, 6.45) is 1.56. The van der Waals surface area contributed by atoms with Crippen molar-refractivity contribution >= 4 is 11.7 Å². The van der Waals surface area contributed by atoms with Crippen molar-refractivity contribution in [3.63, 3.8) is 0 Å². The molecule has 0 saturated carbocycles. The first-order chi connectivity index (χ1) is 47.7. The highest BCUT2D eigenvalue weighted by Crippen LogP contribution is 1.94. The third kappa shape index (κ3) is 90.0. The Morgan fingerprint density at radius 1 is 0.198 bits per heavy atom. The van der Waals surface area contributed by atoms with Crippen LogP contribution in [0.3, 0.4) is 0 Å². The van der Waals surface area contributed by atoms with E-state index in [1.54, 1.807) is 6.92 Å². The molecule has 1 amide bonds. The van der Waals surface area contributed by atoms with Gasteiger partial charge in [0.2, 0.25) is 5.91 Å². The summed E-state index contributed by atoms with van der Waals surface area (Å²) in [6, 6.07) is 0. The minimum absolute atomic E-state index is 0.0927. The van der Waals surface area contributed by atoms with Crippen LogP contribution in [0.5, 0.6) is 0 Å². The normalized spacial score (nSPS) is 11.7. The second-order valence-electron chi connectivity index (χ2n) is 19.8. The van der Waals surface area contributed by atoms with E-state index in [0.717, 1.165) is 6.42 Å². The summed E-state index contributed by atoms with van der Waals surface area (Å²) in [4.78, 5) is 22.7. The summed E-state index contributed by atoms with van der Waals surface area (Å²) >= 11 is 0. The van der Waals surface area contributed by atoms with E-state index in [4.69, 9.17) is 138 Å². The summed E-state index contributed by atoms with van der Waals surface area (Å²) in [5.41, 5.74) is 5.41. The van der Waals surface area contributed by atoms with Gasteiger partial charge in [-0.3, -0.25) is 9.59 Å². The van der Waals surface area contributed by atoms with Gasteiger partial charge in [0.05, 0.1) is 363 Å². The molecule has 0 aliphatic carbocycles. The molecule has 0 fully saturated rings. The van der Waals surface area contributed by atoms with Gasteiger partial charge < -0.3 is 144 Å². The van der Waals surface area contributed by atoms with Gasteiger partial charge in [-0.05, 0) is 19.9 Å². The van der Waals surface area contributed by atoms with E-state index >= 15 is 0 Å². The van der Waals surface area contributed by atoms with E-state index in [0.29, 0.717) is 389 Å². The van der Waals surface area contributed by atoms with Crippen molar-refractivity contribution in [1.29, 1.82) is 0 Å². The lowest BCUT2D eigenvalue weighted by Crippen LogP contribution is -2.28. The largest absolute Gasteiger partial charge is 0.379 e. The molecule has 0 aliphatic rings. The van der Waals surface area contributed by atoms with Gasteiger partial charge >= 0.3 is 0 Å². The van der Waals surface area contributed by atoms with Crippen LogP contribution >= 0.6 is 0 Å². The van der Waals surface area contributed by atoms with Crippen LogP contribution in [-0.2, 0) is 142 Å². The van der Waals surface area contributed by atoms with Gasteiger partial charge in [-0.15, -0.1) is 0 Å². The van der Waals surface area contributed by atoms with E-state index in [-0.39, 0.29) is 18.1 Å². The minimum atomic E-state index is -0.0927. The summed E-state index contributed by atoms with van der Waals surface area (Å²) in [5.74, 6) is 0.0260. The smallest absolute Gasteiger partial charge is 0.222 e. The van der Waals surface area contributed by atoms with Gasteiger partial charge in [-0.2, -0.15) is 0 Å². The Hall–Kier alpha value is -2.02. The van der Waals surface area contributed by atoms with Crippen molar-refractivity contribution in [2.24, 2.45) is 5.73 Å². The molecular formula is C64H128N2O30. The lowest BCUT2D eigenvalue weighted by Gasteiger charge is -2.09. The van der Waals surface area contributed by atoms with Gasteiger partial charge in [0.25, 0.3) is 0 Å². The maximum atomic E-state index is 11.9. The Bertz CT molecular complexity index is 1450. The fourth-order valence-electron chi connectivity index (χ4n) is 6.84. The molecule has 0 unspecified atom stereocenters. The third-order valence-electron chi connectivity index (χ3n) is 11.8. The fraction of sp³-hybridized carbons (Fsp3) is 0.969. The average Bonchev–Trinajstić information content (AvgIpc) is 3.60. The molecule has 0 saturated heterocycles. The van der Waals surface area contributed by atoms with E-state index in [1.165, 1.54) is 0 Å². The molecular weight excluding hydrogens is 1280 g/mol. The third-order valence-corrected chi connectivity index (χ3v) is 11.8. The molecule has 0 aromatic rings. The second-order valence-corrected chi connectivity index (χ2v) is 19.8. The predicted molar refractivity (Wildman–Crippen MR) is 350 cm³/mol. The van der Waals surface area contributed by atoms with Crippen LogP contribution in [0.25, 0.3) is 0 Å². The Labute approximate surface area is 572 Å². The minimum Gasteiger partial charge on any atom is -0.379 e. The zero-order valence-corrected chi connectivity index (χ0v) is 58.5. The standard InChI is InChI=1S/C64H128N2O30/c1-63(67)3-8-70-12-16-74-21-23-77-25-27-79-29-31-81-33-35-83-37-39-85-41-43-87-45-47-89-49-51-91-53-55-93-57-59-95-61-62-96-60-58-94-56-54-92-52-50-90-48-46-88-44-42-86-40-38-84-36-34-82-32-30-80-28-26-78-24-22-76-18-14-72-10-6-66-64(68)4-9-71-13-17-75-20-19-73-15-11-69-7-2-5-65/h2-62,65H2,1H3,(H,66,68). The first-order valence-electron chi connectivity index (χ1n) is 34.3. The summed E-state index contributed by atoms with van der Waals surface area (Å²) in [6.45, 7) is 29.1. The van der Waals surface area contributed by atoms with Crippen LogP contribution in [-0.4, -0.2) is 395 Å². The Morgan fingerprint density at radius 2 is 0.333 bits per heavy atom. The number of Topliss-reactive ketones (excluding diaryl/α,β-unsaturated/α-hetero) is 1. The number of nitrogens with two attached hydrogens (primary N) is 1. The molecule has 0 atom stereocenters. The Kier molecular flexibility index (Phi) is 87.2. The highest BCUT2D eigenvalue weighted by molar-refractivity contribution is 5.76. The van der Waals surface area contributed by atoms with E-state index in [9.17, 15) is 9.59 Å². The number of hydrogen-bond donors (Lipinski definition) is 2. The van der Waals surface area contributed by atoms with Gasteiger partial charge in [0, 0.05) is 26.0 Å². The van der Waals surface area contributed by atoms with Crippen molar-refractivity contribution < 1.29 is 142 Å². The molecule has 96 heavy (non-hydrogen) atoms. The van der Waals surface area contributed by atoms with Crippen molar-refractivity contribution in [3.8, 4) is 0 Å². The highest BCUT2D eigenvalue weighted by Gasteiger charge is 2.04. The number of ether oxygens (including phenoxy) is 28. The SMILES string of the molecule is CC(=O)CCOCCOCCOCCOCCOCCOCCOCCOCCOCCOCCOCCOCCOCCOCCOCCOCCOCCOCCOCCOCCOCCOCCOCCOCCNC(=O)CCOCCOCCOCCOCCCN. The van der Waals surface area contributed by atoms with Gasteiger partial charge in [0.1, 0.15) is 5.78 Å². The molecule has 3 N–H and O–H groups in total. The fourth-order valence-corrected chi connectivity index (χ4v) is 6.84. The molecule has 0 radical (unpaired) electrons. The number of carbonyl (C=O) groups excluding carboxylic acids is 2. The zero-order valence-electron chi connectivity index (χ0n) is 58.5. The topological polar surface area (TPSA) is 331 Å². The number of nitrogens with one attached hydrogen (secondary N) is 1. The molecule has 0 rings (SSSR count). The monoisotopic (exact) mass is 1400 g/mol. The number of ketones is 1. The van der Waals surface area contributed by atoms with E-state index in [2.05, 4.69) is 5.32 Å². The van der Waals surface area contributed by atoms with Crippen LogP contribution in [0.4, 0.5) is 0 Å². The lowest BCUT2D eigenvalue weighted by atomic mass is 10.3. The summed E-state index contributed by atoms with van der Waals surface area (Å²) < 4.78 is 154. The molecule has 32 heteroatoms. The van der Waals surface area contributed by atoms with Crippen molar-refractivity contribution in [3.05, 3.63) is 0 Å². The van der Waals surface area contributed by atoms with Gasteiger partial charge in [-0.1, -0.05) is 0 Å². The Balaban J connectivity index is 3.12. The maximum Gasteiger partial charge on any atom is 0.222 e. The molecule has 0 spiro atoms. The van der Waals surface area contributed by atoms with Gasteiger partial charge in [0.15, 0.2) is 0 Å². The first kappa shape index (κ1) is 94.0. The van der Waals surface area contributed by atoms with Crippen LogP contribution in [0.2, 0.25) is 0 Å². The number of rotatable bonds is 90.